The smallest absolute Gasteiger partial charge is 0.0857 e. The highest BCUT2D eigenvalue weighted by Crippen LogP contribution is 2.18. The quantitative estimate of drug-likeness (QED) is 0.795. The van der Waals surface area contributed by atoms with E-state index in [2.05, 4.69) is 10.2 Å². The van der Waals surface area contributed by atoms with Crippen LogP contribution < -0.4 is 0 Å². The molecular formula is C14H14N2O. The van der Waals surface area contributed by atoms with Gasteiger partial charge in [0.1, 0.15) is 0 Å². The lowest BCUT2D eigenvalue weighted by Crippen LogP contribution is -1.88. The average molecular weight is 226 g/mol. The van der Waals surface area contributed by atoms with Crippen molar-refractivity contribution in [1.29, 1.82) is 0 Å². The molecule has 0 aliphatic rings. The van der Waals surface area contributed by atoms with Gasteiger partial charge in [0.15, 0.2) is 0 Å². The van der Waals surface area contributed by atoms with Crippen LogP contribution in [0.15, 0.2) is 64.8 Å². The molecule has 0 saturated carbocycles. The van der Waals surface area contributed by atoms with Crippen molar-refractivity contribution < 1.29 is 5.11 Å². The second-order valence-corrected chi connectivity index (χ2v) is 3.68. The first-order valence-electron chi connectivity index (χ1n) is 5.55. The maximum atomic E-state index is 8.80. The predicted molar refractivity (Wildman–Crippen MR) is 67.8 cm³/mol. The van der Waals surface area contributed by atoms with Crippen molar-refractivity contribution in [2.45, 2.75) is 6.42 Å². The first-order chi connectivity index (χ1) is 8.38. The molecule has 2 aromatic carbocycles. The molecule has 2 aromatic rings. The number of hydrogen-bond acceptors (Lipinski definition) is 3. The predicted octanol–water partition coefficient (Wildman–Crippen LogP) is 3.64. The maximum absolute atomic E-state index is 8.80. The molecule has 0 heterocycles. The fourth-order valence-electron chi connectivity index (χ4n) is 1.47. The molecule has 0 bridgehead atoms. The topological polar surface area (TPSA) is 45.0 Å². The lowest BCUT2D eigenvalue weighted by atomic mass is 10.1. The van der Waals surface area contributed by atoms with E-state index in [0.717, 1.165) is 16.9 Å². The SMILES string of the molecule is OCCc1ccc(/N=N/c2ccccc2)cc1. The number of rotatable bonds is 4. The Hall–Kier alpha value is -2.00. The van der Waals surface area contributed by atoms with E-state index in [1.165, 1.54) is 0 Å². The summed E-state index contributed by atoms with van der Waals surface area (Å²) in [5.74, 6) is 0. The van der Waals surface area contributed by atoms with Crippen molar-refractivity contribution in [3.05, 3.63) is 60.2 Å². The van der Waals surface area contributed by atoms with Gasteiger partial charge in [-0.15, -0.1) is 0 Å². The van der Waals surface area contributed by atoms with E-state index in [1.54, 1.807) is 0 Å². The standard InChI is InChI=1S/C14H14N2O/c17-11-10-12-6-8-14(9-7-12)16-15-13-4-2-1-3-5-13/h1-9,17H,10-11H2/b16-15+. The van der Waals surface area contributed by atoms with Crippen molar-refractivity contribution in [2.75, 3.05) is 6.61 Å². The van der Waals surface area contributed by atoms with E-state index >= 15 is 0 Å². The maximum Gasteiger partial charge on any atom is 0.0857 e. The first-order valence-corrected chi connectivity index (χ1v) is 5.55. The molecule has 0 saturated heterocycles. The van der Waals surface area contributed by atoms with E-state index in [1.807, 2.05) is 54.6 Å². The van der Waals surface area contributed by atoms with Gasteiger partial charge in [-0.2, -0.15) is 10.2 Å². The zero-order valence-electron chi connectivity index (χ0n) is 9.45. The van der Waals surface area contributed by atoms with Crippen LogP contribution in [0.2, 0.25) is 0 Å². The molecule has 3 nitrogen and oxygen atoms in total. The molecule has 1 N–H and O–H groups in total. The highest BCUT2D eigenvalue weighted by molar-refractivity contribution is 5.40. The van der Waals surface area contributed by atoms with Gasteiger partial charge in [-0.05, 0) is 36.2 Å². The van der Waals surface area contributed by atoms with Crippen LogP contribution in [0.5, 0.6) is 0 Å². The lowest BCUT2D eigenvalue weighted by Gasteiger charge is -1.97. The van der Waals surface area contributed by atoms with E-state index in [9.17, 15) is 0 Å². The molecule has 0 spiro atoms. The summed E-state index contributed by atoms with van der Waals surface area (Å²) in [4.78, 5) is 0. The largest absolute Gasteiger partial charge is 0.396 e. The van der Waals surface area contributed by atoms with E-state index in [4.69, 9.17) is 5.11 Å². The van der Waals surface area contributed by atoms with Gasteiger partial charge in [0, 0.05) is 6.61 Å². The Balaban J connectivity index is 2.06. The van der Waals surface area contributed by atoms with Gasteiger partial charge in [0.25, 0.3) is 0 Å². The van der Waals surface area contributed by atoms with Crippen LogP contribution in [-0.2, 0) is 6.42 Å². The van der Waals surface area contributed by atoms with Crippen molar-refractivity contribution in [3.63, 3.8) is 0 Å². The summed E-state index contributed by atoms with van der Waals surface area (Å²) >= 11 is 0. The Labute approximate surface area is 100 Å². The number of aliphatic hydroxyl groups excluding tert-OH is 1. The fraction of sp³-hybridized carbons (Fsp3) is 0.143. The highest BCUT2D eigenvalue weighted by Gasteiger charge is 1.93. The van der Waals surface area contributed by atoms with E-state index in [-0.39, 0.29) is 6.61 Å². The molecule has 0 unspecified atom stereocenters. The number of aliphatic hydroxyl groups is 1. The summed E-state index contributed by atoms with van der Waals surface area (Å²) in [6.45, 7) is 0.172. The van der Waals surface area contributed by atoms with Gasteiger partial charge in [-0.25, -0.2) is 0 Å². The van der Waals surface area contributed by atoms with Crippen molar-refractivity contribution in [3.8, 4) is 0 Å². The number of benzene rings is 2. The summed E-state index contributed by atoms with van der Waals surface area (Å²) in [5.41, 5.74) is 2.76. The molecule has 3 heteroatoms. The fourth-order valence-corrected chi connectivity index (χ4v) is 1.47. The molecule has 0 aliphatic carbocycles. The van der Waals surface area contributed by atoms with E-state index in [0.29, 0.717) is 6.42 Å². The third-order valence-electron chi connectivity index (χ3n) is 2.37. The van der Waals surface area contributed by atoms with Gasteiger partial charge in [-0.1, -0.05) is 30.3 Å². The Bertz CT molecular complexity index is 477. The molecule has 0 atom stereocenters. The summed E-state index contributed by atoms with van der Waals surface area (Å²) in [6.07, 6.45) is 0.677. The summed E-state index contributed by atoms with van der Waals surface area (Å²) in [7, 11) is 0. The van der Waals surface area contributed by atoms with Crippen LogP contribution in [0.4, 0.5) is 11.4 Å². The second kappa shape index (κ2) is 5.92. The lowest BCUT2D eigenvalue weighted by molar-refractivity contribution is 0.299. The average Bonchev–Trinajstić information content (AvgIpc) is 2.40. The zero-order chi connectivity index (χ0) is 11.9. The number of nitrogens with zero attached hydrogens (tertiary/aromatic N) is 2. The van der Waals surface area contributed by atoms with Gasteiger partial charge in [0.2, 0.25) is 0 Å². The molecule has 2 rings (SSSR count). The summed E-state index contributed by atoms with van der Waals surface area (Å²) < 4.78 is 0. The molecule has 0 aliphatic heterocycles. The summed E-state index contributed by atoms with van der Waals surface area (Å²) in [6, 6.07) is 17.3. The Kier molecular flexibility index (Phi) is 4.00. The second-order valence-electron chi connectivity index (χ2n) is 3.68. The number of azo groups is 1. The van der Waals surface area contributed by atoms with Crippen LogP contribution >= 0.6 is 0 Å². The molecule has 86 valence electrons. The molecule has 0 aromatic heterocycles. The Morgan fingerprint density at radius 1 is 0.765 bits per heavy atom. The number of hydrogen-bond donors (Lipinski definition) is 1. The molecule has 0 radical (unpaired) electrons. The highest BCUT2D eigenvalue weighted by atomic mass is 16.2. The third kappa shape index (κ3) is 3.50. The van der Waals surface area contributed by atoms with Gasteiger partial charge >= 0.3 is 0 Å². The normalized spacial score (nSPS) is 10.9. The Morgan fingerprint density at radius 2 is 1.35 bits per heavy atom. The van der Waals surface area contributed by atoms with Crippen molar-refractivity contribution in [1.82, 2.24) is 0 Å². The zero-order valence-corrected chi connectivity index (χ0v) is 9.45. The first kappa shape index (κ1) is 11.5. The third-order valence-corrected chi connectivity index (χ3v) is 2.37. The Morgan fingerprint density at radius 3 is 1.94 bits per heavy atom. The van der Waals surface area contributed by atoms with Crippen LogP contribution in [0.25, 0.3) is 0 Å². The van der Waals surface area contributed by atoms with Gasteiger partial charge < -0.3 is 5.11 Å². The molecule has 0 fully saturated rings. The van der Waals surface area contributed by atoms with Gasteiger partial charge in [-0.3, -0.25) is 0 Å². The molecule has 17 heavy (non-hydrogen) atoms. The van der Waals surface area contributed by atoms with Gasteiger partial charge in [0.05, 0.1) is 11.4 Å². The van der Waals surface area contributed by atoms with Crippen LogP contribution in [0.3, 0.4) is 0 Å². The van der Waals surface area contributed by atoms with Crippen molar-refractivity contribution in [2.24, 2.45) is 10.2 Å². The van der Waals surface area contributed by atoms with Crippen LogP contribution in [0, 0.1) is 0 Å². The van der Waals surface area contributed by atoms with Crippen LogP contribution in [-0.4, -0.2) is 11.7 Å². The van der Waals surface area contributed by atoms with Crippen LogP contribution in [0.1, 0.15) is 5.56 Å². The minimum Gasteiger partial charge on any atom is -0.396 e. The van der Waals surface area contributed by atoms with Crippen molar-refractivity contribution >= 4 is 11.4 Å². The minimum absolute atomic E-state index is 0.172. The molecule has 0 amide bonds. The monoisotopic (exact) mass is 226 g/mol. The summed E-state index contributed by atoms with van der Waals surface area (Å²) in [5, 5.41) is 17.1. The molecular weight excluding hydrogens is 212 g/mol. The van der Waals surface area contributed by atoms with E-state index < -0.39 is 0 Å². The minimum atomic E-state index is 0.172.